The third-order valence-electron chi connectivity index (χ3n) is 4.55. The Hall–Kier alpha value is -3.79. The van der Waals surface area contributed by atoms with E-state index in [2.05, 4.69) is 5.43 Å². The molecule has 0 unspecified atom stereocenters. The first-order valence-corrected chi connectivity index (χ1v) is 9.43. The van der Waals surface area contributed by atoms with Gasteiger partial charge in [-0.25, -0.2) is 0 Å². The first-order chi connectivity index (χ1) is 14.7. The van der Waals surface area contributed by atoms with E-state index >= 15 is 0 Å². The summed E-state index contributed by atoms with van der Waals surface area (Å²) < 4.78 is 5.02. The van der Waals surface area contributed by atoms with Crippen molar-refractivity contribution in [1.29, 1.82) is 0 Å². The molecule has 0 radical (unpaired) electrons. The van der Waals surface area contributed by atoms with Gasteiger partial charge < -0.3 is 4.74 Å². The molecular formula is C20H16ClN3O7. The van der Waals surface area contributed by atoms with Crippen molar-refractivity contribution in [1.82, 2.24) is 10.4 Å². The van der Waals surface area contributed by atoms with Gasteiger partial charge in [-0.05, 0) is 36.4 Å². The summed E-state index contributed by atoms with van der Waals surface area (Å²) in [6, 6.07) is 10.9. The number of hydrazine groups is 1. The van der Waals surface area contributed by atoms with Crippen molar-refractivity contribution < 1.29 is 28.8 Å². The van der Waals surface area contributed by atoms with Gasteiger partial charge in [-0.15, -0.1) is 0 Å². The van der Waals surface area contributed by atoms with Crippen LogP contribution in [0.1, 0.15) is 27.1 Å². The van der Waals surface area contributed by atoms with Gasteiger partial charge in [0, 0.05) is 34.7 Å². The maximum atomic E-state index is 12.3. The van der Waals surface area contributed by atoms with Crippen molar-refractivity contribution in [3.8, 4) is 0 Å². The fourth-order valence-corrected chi connectivity index (χ4v) is 2.99. The van der Waals surface area contributed by atoms with Crippen molar-refractivity contribution >= 4 is 40.9 Å². The number of carbonyl (C=O) groups excluding carboxylic acids is 4. The number of nitrogens with one attached hydrogen (secondary N) is 1. The van der Waals surface area contributed by atoms with Gasteiger partial charge in [0.1, 0.15) is 0 Å². The zero-order valence-electron chi connectivity index (χ0n) is 15.9. The number of nitro groups is 1. The van der Waals surface area contributed by atoms with E-state index in [-0.39, 0.29) is 24.2 Å². The van der Waals surface area contributed by atoms with Gasteiger partial charge in [0.05, 0.1) is 17.4 Å². The number of benzene rings is 2. The Morgan fingerprint density at radius 3 is 2.32 bits per heavy atom. The number of ether oxygens (including phenoxy) is 1. The normalized spacial score (nSPS) is 15.5. The quantitative estimate of drug-likeness (QED) is 0.298. The topological polar surface area (TPSA) is 136 Å². The second-order valence-corrected chi connectivity index (χ2v) is 7.12. The summed E-state index contributed by atoms with van der Waals surface area (Å²) in [6.07, 6.45) is -0.186. The molecule has 1 heterocycles. The highest BCUT2D eigenvalue weighted by Gasteiger charge is 2.36. The number of halogens is 1. The molecule has 160 valence electrons. The third-order valence-corrected chi connectivity index (χ3v) is 4.80. The van der Waals surface area contributed by atoms with Crippen LogP contribution in [-0.4, -0.2) is 46.7 Å². The van der Waals surface area contributed by atoms with E-state index in [1.165, 1.54) is 48.5 Å². The molecule has 1 atom stereocenters. The molecule has 1 fully saturated rings. The van der Waals surface area contributed by atoms with Crippen LogP contribution in [0.4, 0.5) is 5.69 Å². The number of nitro benzene ring substituents is 1. The highest BCUT2D eigenvalue weighted by atomic mass is 35.5. The maximum Gasteiger partial charge on any atom is 0.311 e. The van der Waals surface area contributed by atoms with Crippen molar-refractivity contribution in [2.45, 2.75) is 6.42 Å². The summed E-state index contributed by atoms with van der Waals surface area (Å²) in [7, 11) is 0. The van der Waals surface area contributed by atoms with E-state index in [0.717, 1.165) is 5.01 Å². The molecule has 0 bridgehead atoms. The molecule has 31 heavy (non-hydrogen) atoms. The molecular weight excluding hydrogens is 430 g/mol. The predicted molar refractivity (Wildman–Crippen MR) is 107 cm³/mol. The molecule has 0 aromatic heterocycles. The summed E-state index contributed by atoms with van der Waals surface area (Å²) in [4.78, 5) is 58.8. The number of non-ortho nitro benzene ring substituents is 1. The summed E-state index contributed by atoms with van der Waals surface area (Å²) in [5.74, 6) is -3.15. The largest absolute Gasteiger partial charge is 0.457 e. The summed E-state index contributed by atoms with van der Waals surface area (Å²) in [6.45, 7) is -0.605. The zero-order chi connectivity index (χ0) is 22.5. The van der Waals surface area contributed by atoms with Crippen molar-refractivity contribution in [3.63, 3.8) is 0 Å². The average molecular weight is 446 g/mol. The van der Waals surface area contributed by atoms with Crippen molar-refractivity contribution in [2.24, 2.45) is 5.92 Å². The monoisotopic (exact) mass is 445 g/mol. The Morgan fingerprint density at radius 1 is 1.10 bits per heavy atom. The van der Waals surface area contributed by atoms with E-state index < -0.39 is 41.0 Å². The van der Waals surface area contributed by atoms with Gasteiger partial charge in [0.25, 0.3) is 11.6 Å². The van der Waals surface area contributed by atoms with Gasteiger partial charge in [0.2, 0.25) is 5.91 Å². The number of amides is 2. The molecule has 1 saturated heterocycles. The highest BCUT2D eigenvalue weighted by Crippen LogP contribution is 2.19. The molecule has 0 spiro atoms. The van der Waals surface area contributed by atoms with Gasteiger partial charge in [-0.3, -0.25) is 39.7 Å². The SMILES string of the molecule is O=C(COC(=O)[C@@H]1CC(=O)N(NC(=O)c2ccc([N+](=O)[O-])cc2)C1)c1ccc(Cl)cc1. The Labute approximate surface area is 180 Å². The van der Waals surface area contributed by atoms with Crippen molar-refractivity contribution in [2.75, 3.05) is 13.2 Å². The lowest BCUT2D eigenvalue weighted by atomic mass is 10.1. The van der Waals surface area contributed by atoms with Gasteiger partial charge >= 0.3 is 5.97 Å². The fraction of sp³-hybridized carbons (Fsp3) is 0.200. The van der Waals surface area contributed by atoms with Crippen LogP contribution < -0.4 is 5.43 Å². The first-order valence-electron chi connectivity index (χ1n) is 9.06. The highest BCUT2D eigenvalue weighted by molar-refractivity contribution is 6.30. The molecule has 1 N–H and O–H groups in total. The number of esters is 1. The summed E-state index contributed by atoms with van der Waals surface area (Å²) >= 11 is 5.76. The molecule has 2 aromatic carbocycles. The van der Waals surface area contributed by atoms with Crippen LogP contribution in [0.3, 0.4) is 0 Å². The van der Waals surface area contributed by atoms with E-state index in [1.807, 2.05) is 0 Å². The van der Waals surface area contributed by atoms with E-state index in [0.29, 0.717) is 10.6 Å². The van der Waals surface area contributed by atoms with Crippen LogP contribution in [-0.2, 0) is 14.3 Å². The minimum atomic E-state index is -0.845. The van der Waals surface area contributed by atoms with Gasteiger partial charge in [-0.1, -0.05) is 11.6 Å². The molecule has 2 aromatic rings. The Balaban J connectivity index is 1.52. The van der Waals surface area contributed by atoms with Crippen LogP contribution in [0.5, 0.6) is 0 Å². The fourth-order valence-electron chi connectivity index (χ4n) is 2.87. The lowest BCUT2D eigenvalue weighted by Crippen LogP contribution is -2.43. The molecule has 0 aliphatic carbocycles. The third kappa shape index (κ3) is 5.43. The number of hydrogen-bond donors (Lipinski definition) is 1. The van der Waals surface area contributed by atoms with E-state index in [9.17, 15) is 29.3 Å². The van der Waals surface area contributed by atoms with Crippen LogP contribution in [0, 0.1) is 16.0 Å². The number of Topliss-reactive ketones (excluding diaryl/α,β-unsaturated/α-hetero) is 1. The molecule has 0 saturated carbocycles. The second kappa shape index (κ2) is 9.35. The second-order valence-electron chi connectivity index (χ2n) is 6.69. The minimum Gasteiger partial charge on any atom is -0.457 e. The molecule has 2 amide bonds. The lowest BCUT2D eigenvalue weighted by Gasteiger charge is -2.17. The molecule has 11 heteroatoms. The van der Waals surface area contributed by atoms with Gasteiger partial charge in [-0.2, -0.15) is 0 Å². The Morgan fingerprint density at radius 2 is 1.71 bits per heavy atom. The Bertz CT molecular complexity index is 1040. The minimum absolute atomic E-state index is 0.109. The maximum absolute atomic E-state index is 12.3. The number of nitrogens with zero attached hydrogens (tertiary/aromatic N) is 2. The first kappa shape index (κ1) is 21.9. The molecule has 10 nitrogen and oxygen atoms in total. The van der Waals surface area contributed by atoms with E-state index in [4.69, 9.17) is 16.3 Å². The summed E-state index contributed by atoms with van der Waals surface area (Å²) in [5.41, 5.74) is 2.63. The standard InChI is InChI=1S/C20H16ClN3O7/c21-15-5-1-12(2-6-15)17(25)11-31-20(28)14-9-18(26)23(10-14)22-19(27)13-3-7-16(8-4-13)24(29)30/h1-8,14H,9-11H2,(H,22,27)/t14-/m1/s1. The molecule has 1 aliphatic rings. The van der Waals surface area contributed by atoms with Crippen LogP contribution in [0.15, 0.2) is 48.5 Å². The average Bonchev–Trinajstić information content (AvgIpc) is 3.12. The van der Waals surface area contributed by atoms with Crippen LogP contribution in [0.25, 0.3) is 0 Å². The zero-order valence-corrected chi connectivity index (χ0v) is 16.7. The summed E-state index contributed by atoms with van der Waals surface area (Å²) in [5, 5.41) is 12.1. The lowest BCUT2D eigenvalue weighted by molar-refractivity contribution is -0.384. The van der Waals surface area contributed by atoms with Gasteiger partial charge in [0.15, 0.2) is 12.4 Å². The van der Waals surface area contributed by atoms with E-state index in [1.54, 1.807) is 0 Å². The predicted octanol–water partition coefficient (Wildman–Crippen LogP) is 2.17. The number of ketones is 1. The van der Waals surface area contributed by atoms with Crippen molar-refractivity contribution in [3.05, 3.63) is 74.8 Å². The number of hydrogen-bond acceptors (Lipinski definition) is 7. The molecule has 1 aliphatic heterocycles. The number of rotatable bonds is 7. The Kier molecular flexibility index (Phi) is 6.61. The van der Waals surface area contributed by atoms with Crippen LogP contribution in [0.2, 0.25) is 5.02 Å². The molecule has 3 rings (SSSR count). The smallest absolute Gasteiger partial charge is 0.311 e. The van der Waals surface area contributed by atoms with Crippen LogP contribution >= 0.6 is 11.6 Å². The number of carbonyl (C=O) groups is 4.